The maximum absolute atomic E-state index is 6.58. The second-order valence-electron chi connectivity index (χ2n) is 5.84. The van der Waals surface area contributed by atoms with E-state index in [1.54, 1.807) is 13.2 Å². The lowest BCUT2D eigenvalue weighted by Gasteiger charge is -2.16. The lowest BCUT2D eigenvalue weighted by molar-refractivity contribution is 0.323. The van der Waals surface area contributed by atoms with Crippen molar-refractivity contribution in [1.29, 1.82) is 0 Å². The van der Waals surface area contributed by atoms with Gasteiger partial charge >= 0.3 is 0 Å². The van der Waals surface area contributed by atoms with Crippen LogP contribution in [0.1, 0.15) is 12.8 Å². The monoisotopic (exact) mass is 433 g/mol. The van der Waals surface area contributed by atoms with Crippen LogP contribution in [0.2, 0.25) is 5.02 Å². The molecule has 0 atom stereocenters. The zero-order valence-electron chi connectivity index (χ0n) is 16.2. The molecule has 3 aromatic rings. The summed E-state index contributed by atoms with van der Waals surface area (Å²) in [6, 6.07) is 1.77. The van der Waals surface area contributed by atoms with Gasteiger partial charge in [0.05, 0.1) is 21.3 Å². The molecule has 0 radical (unpaired) electrons. The van der Waals surface area contributed by atoms with Gasteiger partial charge in [0.1, 0.15) is 11.3 Å². The van der Waals surface area contributed by atoms with E-state index in [9.17, 15) is 0 Å². The smallest absolute Gasteiger partial charge is 0.204 e. The first-order valence-corrected chi connectivity index (χ1v) is 9.81. The topological polar surface area (TPSA) is 97.3 Å². The molecule has 10 heteroatoms. The van der Waals surface area contributed by atoms with Gasteiger partial charge in [0.25, 0.3) is 0 Å². The van der Waals surface area contributed by atoms with Crippen LogP contribution in [-0.4, -0.2) is 40.8 Å². The van der Waals surface area contributed by atoms with Crippen molar-refractivity contribution in [3.63, 3.8) is 0 Å². The first kappa shape index (κ1) is 20.9. The Bertz CT molecular complexity index is 1080. The molecule has 1 aromatic carbocycles. The second-order valence-corrected chi connectivity index (χ2v) is 7.23. The molecule has 2 N–H and O–H groups in total. The lowest BCUT2D eigenvalue weighted by Crippen LogP contribution is -2.02. The van der Waals surface area contributed by atoms with Gasteiger partial charge in [-0.2, -0.15) is 0 Å². The number of aryl methyl sites for hydroxylation is 1. The number of ether oxygens (including phenoxy) is 3. The summed E-state index contributed by atoms with van der Waals surface area (Å²) < 4.78 is 18.2. The quantitative estimate of drug-likeness (QED) is 0.424. The average molecular weight is 434 g/mol. The van der Waals surface area contributed by atoms with E-state index in [-0.39, 0.29) is 0 Å². The fraction of sp³-hybridized carbons (Fsp3) is 0.316. The number of fused-ring (bicyclic) bond motifs is 1. The summed E-state index contributed by atoms with van der Waals surface area (Å²) in [6.45, 7) is 0.627. The molecule has 29 heavy (non-hydrogen) atoms. The van der Waals surface area contributed by atoms with Gasteiger partial charge < -0.3 is 24.5 Å². The predicted molar refractivity (Wildman–Crippen MR) is 113 cm³/mol. The van der Waals surface area contributed by atoms with Gasteiger partial charge in [-0.25, -0.2) is 15.0 Å². The van der Waals surface area contributed by atoms with Gasteiger partial charge in [-0.15, -0.1) is 12.3 Å². The lowest BCUT2D eigenvalue weighted by atomic mass is 10.3. The average Bonchev–Trinajstić information content (AvgIpc) is 3.08. The van der Waals surface area contributed by atoms with Crippen LogP contribution in [0, 0.1) is 12.3 Å². The Labute approximate surface area is 177 Å². The number of imidazole rings is 1. The number of methoxy groups -OCH3 is 3. The fourth-order valence-corrected chi connectivity index (χ4v) is 4.13. The molecular formula is C19H20ClN5O3S. The minimum atomic E-state index is 0.309. The zero-order valence-corrected chi connectivity index (χ0v) is 17.8. The molecule has 0 aliphatic rings. The van der Waals surface area contributed by atoms with Crippen LogP contribution in [-0.2, 0) is 6.54 Å². The first-order valence-electron chi connectivity index (χ1n) is 8.62. The SMILES string of the molecule is C#CCCCn1c(Sc2cc(OC)c(OC)c(OC)c2Cl)nc2c(N)ncnc21. The molecule has 3 rings (SSSR count). The van der Waals surface area contributed by atoms with E-state index in [0.717, 1.165) is 6.42 Å². The highest BCUT2D eigenvalue weighted by Crippen LogP contribution is 2.49. The Hall–Kier alpha value is -2.83. The summed E-state index contributed by atoms with van der Waals surface area (Å²) >= 11 is 7.92. The molecule has 152 valence electrons. The van der Waals surface area contributed by atoms with Crippen LogP contribution >= 0.6 is 23.4 Å². The minimum absolute atomic E-state index is 0.309. The maximum Gasteiger partial charge on any atom is 0.204 e. The van der Waals surface area contributed by atoms with Crippen molar-refractivity contribution in [2.24, 2.45) is 0 Å². The van der Waals surface area contributed by atoms with Crippen molar-refractivity contribution in [2.45, 2.75) is 29.4 Å². The van der Waals surface area contributed by atoms with E-state index in [2.05, 4.69) is 20.9 Å². The molecule has 0 bridgehead atoms. The third-order valence-electron chi connectivity index (χ3n) is 4.17. The molecular weight excluding hydrogens is 414 g/mol. The van der Waals surface area contributed by atoms with Gasteiger partial charge in [-0.3, -0.25) is 0 Å². The largest absolute Gasteiger partial charge is 0.493 e. The molecule has 8 nitrogen and oxygen atoms in total. The van der Waals surface area contributed by atoms with Crippen molar-refractivity contribution in [3.05, 3.63) is 17.4 Å². The maximum atomic E-state index is 6.58. The van der Waals surface area contributed by atoms with E-state index >= 15 is 0 Å². The van der Waals surface area contributed by atoms with Gasteiger partial charge in [-0.05, 0) is 24.2 Å². The molecule has 0 saturated heterocycles. The molecule has 0 fully saturated rings. The second kappa shape index (κ2) is 9.11. The van der Waals surface area contributed by atoms with Crippen LogP contribution in [0.15, 0.2) is 22.4 Å². The first-order chi connectivity index (χ1) is 14.0. The number of nitrogen functional groups attached to an aromatic ring is 1. The third-order valence-corrected chi connectivity index (χ3v) is 5.69. The highest BCUT2D eigenvalue weighted by atomic mass is 35.5. The van der Waals surface area contributed by atoms with E-state index in [4.69, 9.17) is 38.0 Å². The van der Waals surface area contributed by atoms with Gasteiger partial charge in [0, 0.05) is 17.9 Å². The molecule has 0 spiro atoms. The fourth-order valence-electron chi connectivity index (χ4n) is 2.82. The highest BCUT2D eigenvalue weighted by molar-refractivity contribution is 7.99. The minimum Gasteiger partial charge on any atom is -0.493 e. The molecule has 0 saturated carbocycles. The standard InChI is InChI=1S/C19H20ClN5O3S/c1-5-6-7-8-25-18-14(17(21)22-10-23-18)24-19(25)29-12-9-11(26-2)15(27-3)16(28-4)13(12)20/h1,9-10H,6-8H2,2-4H3,(H2,21,22,23). The Morgan fingerprint density at radius 2 is 1.97 bits per heavy atom. The summed E-state index contributed by atoms with van der Waals surface area (Å²) in [5.41, 5.74) is 7.16. The van der Waals surface area contributed by atoms with Gasteiger partial charge in [0.2, 0.25) is 5.75 Å². The number of rotatable bonds is 8. The van der Waals surface area contributed by atoms with E-state index in [0.29, 0.717) is 62.3 Å². The summed E-state index contributed by atoms with van der Waals surface area (Å²) in [5.74, 6) is 4.24. The Morgan fingerprint density at radius 3 is 2.62 bits per heavy atom. The number of halogens is 1. The van der Waals surface area contributed by atoms with Crippen LogP contribution < -0.4 is 19.9 Å². The number of aromatic nitrogens is 4. The number of hydrogen-bond acceptors (Lipinski definition) is 8. The molecule has 0 unspecified atom stereocenters. The van der Waals surface area contributed by atoms with Gasteiger partial charge in [0.15, 0.2) is 33.6 Å². The van der Waals surface area contributed by atoms with Crippen molar-refractivity contribution >= 4 is 40.3 Å². The third kappa shape index (κ3) is 3.99. The van der Waals surface area contributed by atoms with E-state index in [1.807, 2.05) is 4.57 Å². The Balaban J connectivity index is 2.11. The van der Waals surface area contributed by atoms with Crippen molar-refractivity contribution < 1.29 is 14.2 Å². The van der Waals surface area contributed by atoms with E-state index < -0.39 is 0 Å². The number of hydrogen-bond donors (Lipinski definition) is 1. The molecule has 0 aliphatic carbocycles. The summed E-state index contributed by atoms with van der Waals surface area (Å²) in [6.07, 6.45) is 8.21. The van der Waals surface area contributed by atoms with Crippen LogP contribution in [0.25, 0.3) is 11.2 Å². The number of benzene rings is 1. The number of anilines is 1. The normalized spacial score (nSPS) is 10.7. The van der Waals surface area contributed by atoms with Crippen LogP contribution in [0.5, 0.6) is 17.2 Å². The number of nitrogens with two attached hydrogens (primary N) is 1. The Kier molecular flexibility index (Phi) is 6.56. The highest BCUT2D eigenvalue weighted by Gasteiger charge is 2.23. The Morgan fingerprint density at radius 1 is 1.21 bits per heavy atom. The number of terminal acetylenes is 1. The molecule has 2 aromatic heterocycles. The summed E-state index contributed by atoms with van der Waals surface area (Å²) in [4.78, 5) is 13.7. The summed E-state index contributed by atoms with van der Waals surface area (Å²) in [5, 5.41) is 1.04. The number of unbranched alkanes of at least 4 members (excludes halogenated alkanes) is 1. The van der Waals surface area contributed by atoms with Crippen molar-refractivity contribution in [1.82, 2.24) is 19.5 Å². The molecule has 2 heterocycles. The molecule has 0 amide bonds. The van der Waals surface area contributed by atoms with Crippen molar-refractivity contribution in [3.8, 4) is 29.6 Å². The van der Waals surface area contributed by atoms with Crippen molar-refractivity contribution in [2.75, 3.05) is 27.1 Å². The molecule has 0 aliphatic heterocycles. The number of nitrogens with zero attached hydrogens (tertiary/aromatic N) is 4. The zero-order chi connectivity index (χ0) is 21.0. The predicted octanol–water partition coefficient (Wildman–Crippen LogP) is 3.65. The van der Waals surface area contributed by atoms with Crippen LogP contribution in [0.3, 0.4) is 0 Å². The van der Waals surface area contributed by atoms with Crippen LogP contribution in [0.4, 0.5) is 5.82 Å². The van der Waals surface area contributed by atoms with E-state index in [1.165, 1.54) is 32.3 Å². The summed E-state index contributed by atoms with van der Waals surface area (Å²) in [7, 11) is 4.59. The van der Waals surface area contributed by atoms with Gasteiger partial charge in [-0.1, -0.05) is 11.6 Å².